The van der Waals surface area contributed by atoms with E-state index in [4.69, 9.17) is 5.73 Å². The van der Waals surface area contributed by atoms with Gasteiger partial charge in [0.25, 0.3) is 0 Å². The maximum absolute atomic E-state index is 12.8. The van der Waals surface area contributed by atoms with Gasteiger partial charge in [0.15, 0.2) is 0 Å². The topological polar surface area (TPSA) is 70.8 Å². The molecule has 0 amide bonds. The maximum atomic E-state index is 12.8. The average molecular weight is 311 g/mol. The summed E-state index contributed by atoms with van der Waals surface area (Å²) in [6.07, 6.45) is -1.52. The summed E-state index contributed by atoms with van der Waals surface area (Å²) in [5.41, 5.74) is 5.86. The summed E-state index contributed by atoms with van der Waals surface area (Å²) in [6.45, 7) is 1.29. The lowest BCUT2D eigenvalue weighted by molar-refractivity contribution is -0.137. The van der Waals surface area contributed by atoms with Gasteiger partial charge < -0.3 is 10.6 Å². The number of hydrogen-bond acceptors (Lipinski definition) is 4. The minimum absolute atomic E-state index is 0.274. The predicted octanol–water partition coefficient (Wildman–Crippen LogP) is 2.79. The Bertz CT molecular complexity index is 644. The third-order valence-corrected chi connectivity index (χ3v) is 3.93. The fourth-order valence-corrected chi connectivity index (χ4v) is 2.73. The molecule has 22 heavy (non-hydrogen) atoms. The SMILES string of the molecule is Nc1cc(C2CCN(c3cc(C(F)(F)F)ccn3)CC2)n[nH]1. The van der Waals surface area contributed by atoms with Gasteiger partial charge in [-0.25, -0.2) is 4.98 Å². The third kappa shape index (κ3) is 3.00. The van der Waals surface area contributed by atoms with Gasteiger partial charge in [-0.2, -0.15) is 18.3 Å². The van der Waals surface area contributed by atoms with Crippen molar-refractivity contribution in [3.05, 3.63) is 35.7 Å². The first-order valence-corrected chi connectivity index (χ1v) is 7.02. The zero-order chi connectivity index (χ0) is 15.7. The standard InChI is InChI=1S/C14H16F3N5/c15-14(16,17)10-1-4-19-13(7-10)22-5-2-9(3-6-22)11-8-12(18)21-20-11/h1,4,7-9H,2-3,5-6H2,(H3,18,20,21). The van der Waals surface area contributed by atoms with Gasteiger partial charge in [0, 0.05) is 31.3 Å². The molecule has 0 atom stereocenters. The van der Waals surface area contributed by atoms with Gasteiger partial charge in [-0.1, -0.05) is 0 Å². The Morgan fingerprint density at radius 3 is 2.55 bits per heavy atom. The van der Waals surface area contributed by atoms with Gasteiger partial charge in [0.1, 0.15) is 11.6 Å². The van der Waals surface area contributed by atoms with Crippen LogP contribution in [0, 0.1) is 0 Å². The maximum Gasteiger partial charge on any atom is 0.416 e. The first-order valence-electron chi connectivity index (χ1n) is 7.02. The molecule has 0 aliphatic carbocycles. The van der Waals surface area contributed by atoms with Crippen molar-refractivity contribution in [2.75, 3.05) is 23.7 Å². The molecule has 0 aromatic carbocycles. The molecule has 3 heterocycles. The van der Waals surface area contributed by atoms with E-state index >= 15 is 0 Å². The van der Waals surface area contributed by atoms with Crippen molar-refractivity contribution in [1.29, 1.82) is 0 Å². The smallest absolute Gasteiger partial charge is 0.384 e. The molecule has 0 spiro atoms. The fourth-order valence-electron chi connectivity index (χ4n) is 2.73. The van der Waals surface area contributed by atoms with Crippen LogP contribution >= 0.6 is 0 Å². The van der Waals surface area contributed by atoms with E-state index < -0.39 is 11.7 Å². The number of pyridine rings is 1. The van der Waals surface area contributed by atoms with Crippen molar-refractivity contribution < 1.29 is 13.2 Å². The highest BCUT2D eigenvalue weighted by molar-refractivity contribution is 5.42. The van der Waals surface area contributed by atoms with Crippen molar-refractivity contribution >= 4 is 11.6 Å². The predicted molar refractivity (Wildman–Crippen MR) is 76.4 cm³/mol. The molecule has 3 rings (SSSR count). The van der Waals surface area contributed by atoms with Crippen molar-refractivity contribution in [1.82, 2.24) is 15.2 Å². The van der Waals surface area contributed by atoms with Crippen molar-refractivity contribution in [3.63, 3.8) is 0 Å². The van der Waals surface area contributed by atoms with Crippen molar-refractivity contribution in [2.24, 2.45) is 0 Å². The highest BCUT2D eigenvalue weighted by Crippen LogP contribution is 2.33. The molecule has 1 fully saturated rings. The number of alkyl halides is 3. The molecule has 118 valence electrons. The molecule has 1 aliphatic rings. The van der Waals surface area contributed by atoms with E-state index in [1.165, 1.54) is 6.20 Å². The van der Waals surface area contributed by atoms with Crippen LogP contribution in [-0.4, -0.2) is 28.3 Å². The lowest BCUT2D eigenvalue weighted by Gasteiger charge is -2.32. The zero-order valence-corrected chi connectivity index (χ0v) is 11.8. The average Bonchev–Trinajstić information content (AvgIpc) is 2.93. The van der Waals surface area contributed by atoms with Crippen LogP contribution < -0.4 is 10.6 Å². The van der Waals surface area contributed by atoms with E-state index in [1.807, 2.05) is 11.0 Å². The Labute approximate surface area is 125 Å². The molecular formula is C14H16F3N5. The highest BCUT2D eigenvalue weighted by atomic mass is 19.4. The molecule has 3 N–H and O–H groups in total. The number of nitrogens with one attached hydrogen (secondary N) is 1. The highest BCUT2D eigenvalue weighted by Gasteiger charge is 2.31. The molecule has 1 saturated heterocycles. The largest absolute Gasteiger partial charge is 0.416 e. The summed E-state index contributed by atoms with van der Waals surface area (Å²) in [5.74, 6) is 1.17. The normalized spacial score (nSPS) is 17.0. The van der Waals surface area contributed by atoms with Gasteiger partial charge in [0.2, 0.25) is 0 Å². The summed E-state index contributed by atoms with van der Waals surface area (Å²) < 4.78 is 38.3. The lowest BCUT2D eigenvalue weighted by atomic mass is 9.93. The number of nitrogens with two attached hydrogens (primary N) is 1. The molecule has 0 radical (unpaired) electrons. The van der Waals surface area contributed by atoms with Crippen molar-refractivity contribution in [3.8, 4) is 0 Å². The first-order chi connectivity index (χ1) is 10.4. The minimum Gasteiger partial charge on any atom is -0.384 e. The van der Waals surface area contributed by atoms with E-state index in [-0.39, 0.29) is 5.92 Å². The van der Waals surface area contributed by atoms with Gasteiger partial charge in [-0.3, -0.25) is 5.10 Å². The van der Waals surface area contributed by atoms with Gasteiger partial charge in [0.05, 0.1) is 11.3 Å². The summed E-state index contributed by atoms with van der Waals surface area (Å²) in [7, 11) is 0. The first kappa shape index (κ1) is 14.7. The van der Waals surface area contributed by atoms with Crippen LogP contribution in [0.2, 0.25) is 0 Å². The molecule has 0 bridgehead atoms. The second-order valence-electron chi connectivity index (χ2n) is 5.41. The molecule has 2 aromatic rings. The number of aromatic amines is 1. The lowest BCUT2D eigenvalue weighted by Crippen LogP contribution is -2.33. The molecular weight excluding hydrogens is 295 g/mol. The van der Waals surface area contributed by atoms with E-state index in [9.17, 15) is 13.2 Å². The number of H-pyrrole nitrogens is 1. The number of rotatable bonds is 2. The van der Waals surface area contributed by atoms with E-state index in [1.54, 1.807) is 0 Å². The fraction of sp³-hybridized carbons (Fsp3) is 0.429. The molecule has 1 aliphatic heterocycles. The summed E-state index contributed by atoms with van der Waals surface area (Å²) in [5, 5.41) is 6.86. The third-order valence-electron chi connectivity index (χ3n) is 3.93. The Kier molecular flexibility index (Phi) is 3.67. The molecule has 8 heteroatoms. The number of halogens is 3. The Morgan fingerprint density at radius 2 is 1.95 bits per heavy atom. The molecule has 0 unspecified atom stereocenters. The zero-order valence-electron chi connectivity index (χ0n) is 11.8. The van der Waals surface area contributed by atoms with Crippen molar-refractivity contribution in [2.45, 2.75) is 24.9 Å². The number of nitrogens with zero attached hydrogens (tertiary/aromatic N) is 3. The minimum atomic E-state index is -4.34. The second-order valence-corrected chi connectivity index (χ2v) is 5.41. The van der Waals surface area contributed by atoms with Crippen LogP contribution in [-0.2, 0) is 6.18 Å². The number of anilines is 2. The van der Waals surface area contributed by atoms with E-state index in [2.05, 4.69) is 15.2 Å². The Morgan fingerprint density at radius 1 is 1.23 bits per heavy atom. The van der Waals surface area contributed by atoms with Gasteiger partial charge >= 0.3 is 6.18 Å². The van der Waals surface area contributed by atoms with Crippen LogP contribution in [0.15, 0.2) is 24.4 Å². The molecule has 5 nitrogen and oxygen atoms in total. The number of aromatic nitrogens is 3. The Hall–Kier alpha value is -2.25. The molecule has 2 aromatic heterocycles. The van der Waals surface area contributed by atoms with Crippen LogP contribution in [0.25, 0.3) is 0 Å². The van der Waals surface area contributed by atoms with Crippen LogP contribution in [0.5, 0.6) is 0 Å². The number of piperidine rings is 1. The van der Waals surface area contributed by atoms with Gasteiger partial charge in [-0.05, 0) is 25.0 Å². The summed E-state index contributed by atoms with van der Waals surface area (Å²) >= 11 is 0. The molecule has 0 saturated carbocycles. The summed E-state index contributed by atoms with van der Waals surface area (Å²) in [6, 6.07) is 3.90. The van der Waals surface area contributed by atoms with Gasteiger partial charge in [-0.15, -0.1) is 0 Å². The van der Waals surface area contributed by atoms with Crippen LogP contribution in [0.4, 0.5) is 24.8 Å². The van der Waals surface area contributed by atoms with E-state index in [0.717, 1.165) is 30.7 Å². The van der Waals surface area contributed by atoms with Crippen LogP contribution in [0.1, 0.15) is 30.0 Å². The Balaban J connectivity index is 1.69. The second kappa shape index (κ2) is 5.51. The number of nitrogen functional groups attached to an aromatic ring is 1. The quantitative estimate of drug-likeness (QED) is 0.894. The summed E-state index contributed by atoms with van der Waals surface area (Å²) in [4.78, 5) is 5.94. The number of hydrogen-bond donors (Lipinski definition) is 2. The monoisotopic (exact) mass is 311 g/mol. The van der Waals surface area contributed by atoms with Crippen LogP contribution in [0.3, 0.4) is 0 Å². The van der Waals surface area contributed by atoms with E-state index in [0.29, 0.717) is 24.7 Å².